The van der Waals surface area contributed by atoms with Crippen LogP contribution in [-0.4, -0.2) is 29.4 Å². The van der Waals surface area contributed by atoms with E-state index in [2.05, 4.69) is 10.3 Å². The van der Waals surface area contributed by atoms with Crippen LogP contribution in [-0.2, 0) is 4.74 Å². The minimum Gasteiger partial charge on any atom is -0.377 e. The third kappa shape index (κ3) is 4.33. The summed E-state index contributed by atoms with van der Waals surface area (Å²) >= 11 is 1.68. The number of carbonyl (C=O) groups is 1. The van der Waals surface area contributed by atoms with Crippen LogP contribution in [0.3, 0.4) is 0 Å². The van der Waals surface area contributed by atoms with E-state index in [1.807, 2.05) is 43.3 Å². The van der Waals surface area contributed by atoms with Gasteiger partial charge in [-0.2, -0.15) is 0 Å². The molecule has 0 radical (unpaired) electrons. The van der Waals surface area contributed by atoms with Crippen LogP contribution in [0.1, 0.15) is 28.9 Å². The molecule has 2 heterocycles. The van der Waals surface area contributed by atoms with Gasteiger partial charge < -0.3 is 10.1 Å². The van der Waals surface area contributed by atoms with Crippen LogP contribution in [0.5, 0.6) is 0 Å². The molecule has 1 aliphatic heterocycles. The molecule has 1 aromatic carbocycles. The molecule has 1 atom stereocenters. The zero-order chi connectivity index (χ0) is 16.1. The van der Waals surface area contributed by atoms with Gasteiger partial charge >= 0.3 is 0 Å². The third-order valence-electron chi connectivity index (χ3n) is 3.71. The molecule has 1 saturated heterocycles. The predicted molar refractivity (Wildman–Crippen MR) is 93.1 cm³/mol. The standard InChI is InChI=1S/C18H20N2O2S/c1-13-6-4-10-17(19-13)20-18(21)15-8-2-3-9-16(15)23-12-14-7-5-11-22-14/h2-4,6,8-10,14H,5,7,11-12H2,1H3,(H,19,20,21)/t14-/m1/s1. The third-order valence-corrected chi connectivity index (χ3v) is 4.92. The van der Waals surface area contributed by atoms with Gasteiger partial charge in [0.2, 0.25) is 0 Å². The number of amides is 1. The zero-order valence-corrected chi connectivity index (χ0v) is 13.9. The van der Waals surface area contributed by atoms with Crippen molar-refractivity contribution in [2.45, 2.75) is 30.8 Å². The van der Waals surface area contributed by atoms with E-state index in [4.69, 9.17) is 4.74 Å². The van der Waals surface area contributed by atoms with Gasteiger partial charge in [0.15, 0.2) is 0 Å². The molecule has 0 unspecified atom stereocenters. The number of aryl methyl sites for hydroxylation is 1. The topological polar surface area (TPSA) is 51.2 Å². The molecule has 0 spiro atoms. The average molecular weight is 328 g/mol. The number of ether oxygens (including phenoxy) is 1. The van der Waals surface area contributed by atoms with E-state index in [1.165, 1.54) is 0 Å². The fraction of sp³-hybridized carbons (Fsp3) is 0.333. The number of carbonyl (C=O) groups excluding carboxylic acids is 1. The van der Waals surface area contributed by atoms with Crippen LogP contribution in [0.15, 0.2) is 47.4 Å². The summed E-state index contributed by atoms with van der Waals surface area (Å²) in [4.78, 5) is 17.8. The monoisotopic (exact) mass is 328 g/mol. The summed E-state index contributed by atoms with van der Waals surface area (Å²) in [6.07, 6.45) is 2.54. The summed E-state index contributed by atoms with van der Waals surface area (Å²) in [5.74, 6) is 1.33. The highest BCUT2D eigenvalue weighted by molar-refractivity contribution is 7.99. The van der Waals surface area contributed by atoms with Gasteiger partial charge in [-0.3, -0.25) is 4.79 Å². The van der Waals surface area contributed by atoms with E-state index in [-0.39, 0.29) is 5.91 Å². The van der Waals surface area contributed by atoms with Crippen LogP contribution in [0.4, 0.5) is 5.82 Å². The second kappa shape index (κ2) is 7.62. The number of aromatic nitrogens is 1. The molecule has 1 aromatic heterocycles. The van der Waals surface area contributed by atoms with Crippen LogP contribution >= 0.6 is 11.8 Å². The largest absolute Gasteiger partial charge is 0.377 e. The van der Waals surface area contributed by atoms with Crippen LogP contribution in [0.2, 0.25) is 0 Å². The molecule has 1 amide bonds. The minimum atomic E-state index is -0.126. The molecule has 0 aliphatic carbocycles. The van der Waals surface area contributed by atoms with Gasteiger partial charge in [0.1, 0.15) is 5.82 Å². The molecule has 3 rings (SSSR count). The molecule has 1 fully saturated rings. The van der Waals surface area contributed by atoms with E-state index < -0.39 is 0 Å². The van der Waals surface area contributed by atoms with Crippen molar-refractivity contribution in [3.8, 4) is 0 Å². The van der Waals surface area contributed by atoms with Gasteiger partial charge in [0.05, 0.1) is 11.7 Å². The maximum atomic E-state index is 12.5. The molecular formula is C18H20N2O2S. The summed E-state index contributed by atoms with van der Waals surface area (Å²) in [6.45, 7) is 2.76. The Balaban J connectivity index is 1.69. The molecule has 120 valence electrons. The number of hydrogen-bond acceptors (Lipinski definition) is 4. The Labute approximate surface area is 140 Å². The smallest absolute Gasteiger partial charge is 0.257 e. The Hall–Kier alpha value is -1.85. The summed E-state index contributed by atoms with van der Waals surface area (Å²) < 4.78 is 5.65. The first-order chi connectivity index (χ1) is 11.2. The lowest BCUT2D eigenvalue weighted by atomic mass is 10.2. The lowest BCUT2D eigenvalue weighted by Gasteiger charge is -2.12. The van der Waals surface area contributed by atoms with E-state index in [1.54, 1.807) is 17.8 Å². The van der Waals surface area contributed by atoms with Gasteiger partial charge in [-0.25, -0.2) is 4.98 Å². The highest BCUT2D eigenvalue weighted by Crippen LogP contribution is 2.27. The number of anilines is 1. The Morgan fingerprint density at radius 3 is 2.96 bits per heavy atom. The van der Waals surface area contributed by atoms with Crippen LogP contribution in [0, 0.1) is 6.92 Å². The highest BCUT2D eigenvalue weighted by Gasteiger charge is 2.18. The van der Waals surface area contributed by atoms with E-state index in [0.717, 1.165) is 35.8 Å². The van der Waals surface area contributed by atoms with Crippen molar-refractivity contribution in [2.75, 3.05) is 17.7 Å². The molecule has 0 bridgehead atoms. The fourth-order valence-corrected chi connectivity index (χ4v) is 3.65. The van der Waals surface area contributed by atoms with Crippen LogP contribution < -0.4 is 5.32 Å². The summed E-state index contributed by atoms with van der Waals surface area (Å²) in [6, 6.07) is 13.3. The Morgan fingerprint density at radius 1 is 1.30 bits per heavy atom. The second-order valence-corrected chi connectivity index (χ2v) is 6.62. The first-order valence-corrected chi connectivity index (χ1v) is 8.79. The Bertz CT molecular complexity index is 684. The molecular weight excluding hydrogens is 308 g/mol. The predicted octanol–water partition coefficient (Wildman–Crippen LogP) is 3.91. The summed E-state index contributed by atoms with van der Waals surface area (Å²) in [7, 11) is 0. The van der Waals surface area contributed by atoms with Crippen molar-refractivity contribution in [3.63, 3.8) is 0 Å². The first-order valence-electron chi connectivity index (χ1n) is 7.81. The number of hydrogen-bond donors (Lipinski definition) is 1. The molecule has 1 N–H and O–H groups in total. The van der Waals surface area contributed by atoms with Gasteiger partial charge in [-0.1, -0.05) is 18.2 Å². The van der Waals surface area contributed by atoms with Crippen molar-refractivity contribution < 1.29 is 9.53 Å². The lowest BCUT2D eigenvalue weighted by molar-refractivity contribution is 0.102. The minimum absolute atomic E-state index is 0.126. The van der Waals surface area contributed by atoms with Gasteiger partial charge in [-0.15, -0.1) is 11.8 Å². The van der Waals surface area contributed by atoms with Crippen molar-refractivity contribution in [2.24, 2.45) is 0 Å². The highest BCUT2D eigenvalue weighted by atomic mass is 32.2. The number of pyridine rings is 1. The molecule has 23 heavy (non-hydrogen) atoms. The lowest BCUT2D eigenvalue weighted by Crippen LogP contribution is -2.15. The van der Waals surface area contributed by atoms with Crippen molar-refractivity contribution in [1.29, 1.82) is 0 Å². The summed E-state index contributed by atoms with van der Waals surface area (Å²) in [5.41, 5.74) is 1.56. The Kier molecular flexibility index (Phi) is 5.31. The quantitative estimate of drug-likeness (QED) is 0.845. The van der Waals surface area contributed by atoms with Gasteiger partial charge in [-0.05, 0) is 44.0 Å². The van der Waals surface area contributed by atoms with E-state index >= 15 is 0 Å². The number of benzene rings is 1. The fourth-order valence-electron chi connectivity index (χ4n) is 2.53. The van der Waals surface area contributed by atoms with Crippen LogP contribution in [0.25, 0.3) is 0 Å². The van der Waals surface area contributed by atoms with Crippen molar-refractivity contribution in [1.82, 2.24) is 4.98 Å². The van der Waals surface area contributed by atoms with E-state index in [9.17, 15) is 4.79 Å². The SMILES string of the molecule is Cc1cccc(NC(=O)c2ccccc2SC[C@H]2CCCO2)n1. The number of rotatable bonds is 5. The number of nitrogens with one attached hydrogen (secondary N) is 1. The average Bonchev–Trinajstić information content (AvgIpc) is 3.06. The molecule has 1 aliphatic rings. The molecule has 5 heteroatoms. The zero-order valence-electron chi connectivity index (χ0n) is 13.1. The molecule has 0 saturated carbocycles. The molecule has 4 nitrogen and oxygen atoms in total. The van der Waals surface area contributed by atoms with Gasteiger partial charge in [0, 0.05) is 22.9 Å². The van der Waals surface area contributed by atoms with Crippen molar-refractivity contribution in [3.05, 3.63) is 53.7 Å². The second-order valence-electron chi connectivity index (χ2n) is 5.56. The number of nitrogens with zero attached hydrogens (tertiary/aromatic N) is 1. The first kappa shape index (κ1) is 16.0. The Morgan fingerprint density at radius 2 is 2.17 bits per heavy atom. The normalized spacial score (nSPS) is 17.2. The maximum absolute atomic E-state index is 12.5. The summed E-state index contributed by atoms with van der Waals surface area (Å²) in [5, 5.41) is 2.87. The number of thioether (sulfide) groups is 1. The maximum Gasteiger partial charge on any atom is 0.257 e. The van der Waals surface area contributed by atoms with E-state index in [0.29, 0.717) is 17.5 Å². The van der Waals surface area contributed by atoms with Crippen molar-refractivity contribution >= 4 is 23.5 Å². The molecule has 2 aromatic rings. The van der Waals surface area contributed by atoms with Gasteiger partial charge in [0.25, 0.3) is 5.91 Å².